The first-order valence-corrected chi connectivity index (χ1v) is 25.2. The van der Waals surface area contributed by atoms with E-state index < -0.39 is 82.0 Å². The Bertz CT molecular complexity index is 2160. The van der Waals surface area contributed by atoms with Crippen molar-refractivity contribution < 1.29 is 44.0 Å². The van der Waals surface area contributed by atoms with E-state index in [1.165, 1.54) is 0 Å². The van der Waals surface area contributed by atoms with E-state index in [2.05, 4.69) is 31.0 Å². The van der Waals surface area contributed by atoms with E-state index in [9.17, 15) is 39.6 Å². The van der Waals surface area contributed by atoms with Crippen molar-refractivity contribution in [2.75, 3.05) is 44.2 Å². The number of nitrogens with one attached hydrogen (secondary N) is 1. The van der Waals surface area contributed by atoms with Gasteiger partial charge in [-0.3, -0.25) is 9.59 Å². The topological polar surface area (TPSA) is 190 Å². The third-order valence-corrected chi connectivity index (χ3v) is 16.0. The Balaban J connectivity index is 0.934. The lowest BCUT2D eigenvalue weighted by Gasteiger charge is -2.52. The van der Waals surface area contributed by atoms with Crippen molar-refractivity contribution in [1.29, 1.82) is 0 Å². The number of hydrogen-bond acceptors (Lipinski definition) is 11. The maximum absolute atomic E-state index is 14.3. The Morgan fingerprint density at radius 2 is 1.47 bits per heavy atom. The first-order chi connectivity index (χ1) is 31.5. The Morgan fingerprint density at radius 3 is 2.08 bits per heavy atom. The zero-order valence-electron chi connectivity index (χ0n) is 40.8. The van der Waals surface area contributed by atoms with Crippen LogP contribution in [0.1, 0.15) is 155 Å². The molecule has 66 heavy (non-hydrogen) atoms. The highest BCUT2D eigenvalue weighted by atomic mass is 16.6. The van der Waals surface area contributed by atoms with E-state index in [-0.39, 0.29) is 12.0 Å². The molecule has 366 valence electrons. The molecule has 5 N–H and O–H groups in total. The Labute approximate surface area is 392 Å². The number of ether oxygens (including phenoxy) is 1. The molecule has 0 bridgehead atoms. The molecule has 0 unspecified atom stereocenters. The van der Waals surface area contributed by atoms with Crippen LogP contribution < -0.4 is 15.8 Å². The van der Waals surface area contributed by atoms with Crippen LogP contribution in [0, 0.1) is 29.1 Å². The predicted octanol–water partition coefficient (Wildman–Crippen LogP) is 8.24. The molecule has 13 nitrogen and oxygen atoms in total. The fourth-order valence-corrected chi connectivity index (χ4v) is 12.1. The average Bonchev–Trinajstić information content (AvgIpc) is 3.73. The van der Waals surface area contributed by atoms with Gasteiger partial charge >= 0.3 is 11.7 Å². The molecular formula is C53H79N3O10. The van der Waals surface area contributed by atoms with Crippen LogP contribution in [0.2, 0.25) is 0 Å². The van der Waals surface area contributed by atoms with Crippen molar-refractivity contribution in [3.05, 3.63) is 63.5 Å². The van der Waals surface area contributed by atoms with Crippen molar-refractivity contribution in [3.63, 3.8) is 0 Å². The van der Waals surface area contributed by atoms with Gasteiger partial charge in [0.05, 0.1) is 12.2 Å². The summed E-state index contributed by atoms with van der Waals surface area (Å²) >= 11 is 0. The fraction of sp³-hybridized carbons (Fsp3) is 0.698. The molecule has 2 aromatic rings. The number of unbranched alkanes of at least 4 members (excludes halogenated alkanes) is 12. The smallest absolute Gasteiger partial charge is 0.410 e. The summed E-state index contributed by atoms with van der Waals surface area (Å²) in [4.78, 5) is 57.1. The molecular weight excluding hydrogens is 839 g/mol. The van der Waals surface area contributed by atoms with E-state index in [1.54, 1.807) is 37.0 Å². The van der Waals surface area contributed by atoms with Gasteiger partial charge < -0.3 is 44.7 Å². The number of nitrogens with zero attached hydrogens (tertiary/aromatic N) is 2. The van der Waals surface area contributed by atoms with E-state index in [0.717, 1.165) is 114 Å². The minimum atomic E-state index is -1.94. The summed E-state index contributed by atoms with van der Waals surface area (Å²) in [5.74, 6) is -3.97. The number of ketones is 1. The molecule has 1 aromatic carbocycles. The van der Waals surface area contributed by atoms with E-state index in [0.29, 0.717) is 36.4 Å². The SMILES string of the molecule is CCCCCCN(CCCCCCCCCCCCNC(=O)c1cc2ccc(N(CC)CC)cc2oc1=O)C(=O)O[C@@]12[C@H](O)[C@@H](C)[C@@]3(O)[C@@H](C=C(CO)C[C@]4(O)C(=O)C(C)=C[C@@H]34)[C@@H]1C2(C)C. The molecule has 0 saturated heterocycles. The monoisotopic (exact) mass is 918 g/mol. The summed E-state index contributed by atoms with van der Waals surface area (Å²) in [7, 11) is 0. The van der Waals surface area contributed by atoms with Gasteiger partial charge in [-0.05, 0) is 69.4 Å². The lowest BCUT2D eigenvalue weighted by atomic mass is 9.59. The quantitative estimate of drug-likeness (QED) is 0.0388. The van der Waals surface area contributed by atoms with Gasteiger partial charge in [0.25, 0.3) is 5.91 Å². The minimum absolute atomic E-state index is 0.0238. The maximum atomic E-state index is 14.3. The van der Waals surface area contributed by atoms with Crippen LogP contribution in [0.15, 0.2) is 56.8 Å². The van der Waals surface area contributed by atoms with Crippen LogP contribution in [0.5, 0.6) is 0 Å². The van der Waals surface area contributed by atoms with Crippen LogP contribution in [0.4, 0.5) is 10.5 Å². The Hall–Kier alpha value is -4.04. The molecule has 6 rings (SSSR count). The van der Waals surface area contributed by atoms with Gasteiger partial charge in [-0.15, -0.1) is 0 Å². The second-order valence-electron chi connectivity index (χ2n) is 20.4. The summed E-state index contributed by atoms with van der Waals surface area (Å²) < 4.78 is 12.1. The van der Waals surface area contributed by atoms with Crippen molar-refractivity contribution in [2.45, 2.75) is 168 Å². The molecule has 1 heterocycles. The summed E-state index contributed by atoms with van der Waals surface area (Å²) in [6.07, 6.45) is 15.8. The predicted molar refractivity (Wildman–Crippen MR) is 257 cm³/mol. The molecule has 1 aromatic heterocycles. The normalized spacial score (nSPS) is 28.4. The lowest BCUT2D eigenvalue weighted by molar-refractivity contribution is -0.210. The number of anilines is 1. The number of carbonyl (C=O) groups is 3. The van der Waals surface area contributed by atoms with Crippen LogP contribution >= 0.6 is 0 Å². The molecule has 2 fully saturated rings. The number of fused-ring (bicyclic) bond motifs is 6. The summed E-state index contributed by atoms with van der Waals surface area (Å²) in [6, 6.07) is 7.33. The standard InChI is InChI=1S/C53H79N3O10/c1-8-11-12-22-27-56(49(62)66-53-44(50(53,6)7)41-30-37(34-57)33-51(63)43(29-35(4)45(51)58)52(41,64)36(5)46(53)59)28-23-20-18-16-14-13-15-17-19-21-26-54-47(60)40-31-38-24-25-39(55(9-2)10-3)32-42(38)65-48(40)61/h24-25,29-32,36,41,43-44,46,57,59,63-64H,8-23,26-28,33-34H2,1-7H3,(H,54,60)/t36-,41+,43-,44-,46-,51-,52-,53-/m1/s1. The summed E-state index contributed by atoms with van der Waals surface area (Å²) in [5, 5.41) is 50.7. The highest BCUT2D eigenvalue weighted by molar-refractivity contribution is 6.05. The molecule has 8 atom stereocenters. The van der Waals surface area contributed by atoms with E-state index in [4.69, 9.17) is 9.15 Å². The number of rotatable bonds is 24. The van der Waals surface area contributed by atoms with Crippen LogP contribution in [-0.2, 0) is 9.53 Å². The highest BCUT2D eigenvalue weighted by Crippen LogP contribution is 2.76. The van der Waals surface area contributed by atoms with Crippen LogP contribution in [0.3, 0.4) is 0 Å². The first kappa shape index (κ1) is 51.4. The van der Waals surface area contributed by atoms with Gasteiger partial charge in [0.1, 0.15) is 28.5 Å². The number of aliphatic hydroxyl groups is 4. The third kappa shape index (κ3) is 9.78. The lowest BCUT2D eigenvalue weighted by Crippen LogP contribution is -2.65. The highest BCUT2D eigenvalue weighted by Gasteiger charge is 2.87. The molecule has 13 heteroatoms. The van der Waals surface area contributed by atoms with Gasteiger partial charge in [-0.2, -0.15) is 0 Å². The second-order valence-corrected chi connectivity index (χ2v) is 20.4. The average molecular weight is 918 g/mol. The number of benzene rings is 1. The largest absolute Gasteiger partial charge is 0.439 e. The minimum Gasteiger partial charge on any atom is -0.439 e. The molecule has 4 aliphatic rings. The number of amides is 2. The summed E-state index contributed by atoms with van der Waals surface area (Å²) in [6.45, 7) is 16.4. The Morgan fingerprint density at radius 1 is 0.864 bits per heavy atom. The van der Waals surface area contributed by atoms with Crippen LogP contribution in [0.25, 0.3) is 11.0 Å². The number of aliphatic hydroxyl groups excluding tert-OH is 2. The molecule has 0 aliphatic heterocycles. The van der Waals surface area contributed by atoms with Gasteiger partial charge in [0.15, 0.2) is 5.78 Å². The summed E-state index contributed by atoms with van der Waals surface area (Å²) in [5.41, 5.74) is -4.08. The van der Waals surface area contributed by atoms with Crippen molar-refractivity contribution in [3.8, 4) is 0 Å². The molecule has 4 aliphatic carbocycles. The van der Waals surface area contributed by atoms with Crippen molar-refractivity contribution in [1.82, 2.24) is 10.2 Å². The molecule has 2 saturated carbocycles. The van der Waals surface area contributed by atoms with E-state index >= 15 is 0 Å². The van der Waals surface area contributed by atoms with Gasteiger partial charge in [-0.1, -0.05) is 110 Å². The van der Waals surface area contributed by atoms with Gasteiger partial charge in [0, 0.05) is 85.4 Å². The number of hydrogen-bond donors (Lipinski definition) is 5. The number of carbonyl (C=O) groups excluding carboxylic acids is 3. The first-order valence-electron chi connectivity index (χ1n) is 25.2. The van der Waals surface area contributed by atoms with Crippen molar-refractivity contribution in [2.24, 2.45) is 29.1 Å². The third-order valence-electron chi connectivity index (χ3n) is 16.0. The second kappa shape index (κ2) is 21.5. The fourth-order valence-electron chi connectivity index (χ4n) is 12.1. The van der Waals surface area contributed by atoms with E-state index in [1.807, 2.05) is 32.0 Å². The van der Waals surface area contributed by atoms with Gasteiger partial charge in [-0.25, -0.2) is 9.59 Å². The van der Waals surface area contributed by atoms with Crippen LogP contribution in [-0.4, -0.2) is 105 Å². The Kier molecular flexibility index (Phi) is 16.7. The zero-order valence-corrected chi connectivity index (χ0v) is 40.8. The van der Waals surface area contributed by atoms with Gasteiger partial charge in [0.2, 0.25) is 0 Å². The maximum Gasteiger partial charge on any atom is 0.410 e. The molecule has 0 radical (unpaired) electrons. The van der Waals surface area contributed by atoms with Crippen molar-refractivity contribution >= 4 is 34.4 Å². The molecule has 2 amide bonds. The number of Topliss-reactive ketones (excluding diaryl/α,β-unsaturated/α-hetero) is 1. The zero-order chi connectivity index (χ0) is 48.0. The molecule has 0 spiro atoms.